The molecule has 3 N–H and O–H groups in total. The molecule has 0 spiro atoms. The predicted molar refractivity (Wildman–Crippen MR) is 51.5 cm³/mol. The lowest BCUT2D eigenvalue weighted by Gasteiger charge is -2.07. The summed E-state index contributed by atoms with van der Waals surface area (Å²) in [5.74, 6) is 0.746. The molecular weight excluding hydrogens is 196 g/mol. The minimum atomic E-state index is -2.77. The van der Waals surface area contributed by atoms with Crippen LogP contribution in [0.25, 0.3) is 0 Å². The van der Waals surface area contributed by atoms with Gasteiger partial charge in [0.05, 0.1) is 11.5 Å². The van der Waals surface area contributed by atoms with Gasteiger partial charge in [-0.25, -0.2) is 8.42 Å². The van der Waals surface area contributed by atoms with Gasteiger partial charge < -0.3 is 11.1 Å². The van der Waals surface area contributed by atoms with Crippen LogP contribution in [0.3, 0.4) is 0 Å². The van der Waals surface area contributed by atoms with E-state index in [9.17, 15) is 8.42 Å². The summed E-state index contributed by atoms with van der Waals surface area (Å²) >= 11 is 4.60. The van der Waals surface area contributed by atoms with Gasteiger partial charge in [-0.05, 0) is 24.6 Å². The van der Waals surface area contributed by atoms with Gasteiger partial charge in [-0.15, -0.1) is 0 Å². The second kappa shape index (κ2) is 3.57. The van der Waals surface area contributed by atoms with E-state index < -0.39 is 9.84 Å². The quantitative estimate of drug-likeness (QED) is 0.584. The van der Waals surface area contributed by atoms with Crippen molar-refractivity contribution in [3.63, 3.8) is 0 Å². The molecule has 1 heterocycles. The summed E-state index contributed by atoms with van der Waals surface area (Å²) in [6.07, 6.45) is 0.720. The summed E-state index contributed by atoms with van der Waals surface area (Å²) in [6, 6.07) is 0. The van der Waals surface area contributed by atoms with E-state index in [0.717, 1.165) is 6.42 Å². The molecule has 12 heavy (non-hydrogen) atoms. The van der Waals surface area contributed by atoms with E-state index in [1.165, 1.54) is 0 Å². The Morgan fingerprint density at radius 1 is 1.67 bits per heavy atom. The molecule has 6 heteroatoms. The Labute approximate surface area is 77.4 Å². The van der Waals surface area contributed by atoms with Gasteiger partial charge in [0, 0.05) is 6.54 Å². The highest BCUT2D eigenvalue weighted by atomic mass is 32.2. The van der Waals surface area contributed by atoms with Gasteiger partial charge >= 0.3 is 0 Å². The molecule has 0 aromatic rings. The zero-order valence-corrected chi connectivity index (χ0v) is 8.25. The Morgan fingerprint density at radius 2 is 2.33 bits per heavy atom. The molecule has 1 aliphatic rings. The number of hydrogen-bond donors (Lipinski definition) is 2. The van der Waals surface area contributed by atoms with Crippen molar-refractivity contribution in [1.82, 2.24) is 5.32 Å². The van der Waals surface area contributed by atoms with E-state index in [4.69, 9.17) is 5.73 Å². The largest absolute Gasteiger partial charge is 0.376 e. The lowest BCUT2D eigenvalue weighted by molar-refractivity contribution is 0.573. The molecule has 0 aromatic heterocycles. The van der Waals surface area contributed by atoms with Gasteiger partial charge in [0.2, 0.25) is 0 Å². The first-order valence-corrected chi connectivity index (χ1v) is 5.96. The van der Waals surface area contributed by atoms with Crippen LogP contribution in [0.4, 0.5) is 0 Å². The minimum absolute atomic E-state index is 0.177. The topological polar surface area (TPSA) is 72.2 Å². The summed E-state index contributed by atoms with van der Waals surface area (Å²) in [5.41, 5.74) is 5.21. The summed E-state index contributed by atoms with van der Waals surface area (Å²) in [6.45, 7) is 0.578. The molecule has 0 saturated carbocycles. The highest BCUT2D eigenvalue weighted by molar-refractivity contribution is 7.91. The highest BCUT2D eigenvalue weighted by Crippen LogP contribution is 2.16. The Bertz CT molecular complexity index is 273. The zero-order valence-electron chi connectivity index (χ0n) is 6.62. The molecule has 1 fully saturated rings. The maximum Gasteiger partial charge on any atom is 0.163 e. The monoisotopic (exact) mass is 208 g/mol. The molecule has 0 amide bonds. The van der Waals surface area contributed by atoms with Crippen LogP contribution in [-0.2, 0) is 9.84 Å². The summed E-state index contributed by atoms with van der Waals surface area (Å²) in [4.78, 5) is 0. The molecule has 70 valence electrons. The van der Waals surface area contributed by atoms with Crippen LogP contribution in [0.15, 0.2) is 0 Å². The van der Waals surface area contributed by atoms with Crippen molar-refractivity contribution in [3.05, 3.63) is 0 Å². The fourth-order valence-electron chi connectivity index (χ4n) is 1.28. The van der Waals surface area contributed by atoms with Crippen LogP contribution in [-0.4, -0.2) is 31.6 Å². The fraction of sp³-hybridized carbons (Fsp3) is 0.833. The average molecular weight is 208 g/mol. The first-order valence-electron chi connectivity index (χ1n) is 3.73. The van der Waals surface area contributed by atoms with Gasteiger partial charge in [-0.3, -0.25) is 0 Å². The van der Waals surface area contributed by atoms with Gasteiger partial charge in [-0.1, -0.05) is 0 Å². The molecule has 0 aromatic carbocycles. The predicted octanol–water partition coefficient (Wildman–Crippen LogP) is -0.746. The van der Waals surface area contributed by atoms with Gasteiger partial charge in [-0.2, -0.15) is 0 Å². The number of sulfone groups is 1. The fourth-order valence-corrected chi connectivity index (χ4v) is 3.22. The third-order valence-electron chi connectivity index (χ3n) is 1.89. The van der Waals surface area contributed by atoms with Crippen LogP contribution < -0.4 is 11.1 Å². The van der Waals surface area contributed by atoms with E-state index in [2.05, 4.69) is 17.5 Å². The van der Waals surface area contributed by atoms with Crippen LogP contribution >= 0.6 is 12.2 Å². The normalized spacial score (nSPS) is 26.8. The maximum absolute atomic E-state index is 11.0. The van der Waals surface area contributed by atoms with Crippen molar-refractivity contribution in [2.24, 2.45) is 11.7 Å². The number of hydrogen-bond acceptors (Lipinski definition) is 3. The number of thiocarbonyl (C=S) groups is 1. The minimum Gasteiger partial charge on any atom is -0.376 e. The molecule has 0 aliphatic carbocycles. The molecule has 1 saturated heterocycles. The van der Waals surface area contributed by atoms with Crippen molar-refractivity contribution >= 4 is 27.2 Å². The van der Waals surface area contributed by atoms with Crippen LogP contribution in [0.1, 0.15) is 6.42 Å². The lowest BCUT2D eigenvalue weighted by Crippen LogP contribution is -2.33. The Kier molecular flexibility index (Phi) is 2.89. The first kappa shape index (κ1) is 9.73. The summed E-state index contributed by atoms with van der Waals surface area (Å²) in [7, 11) is -2.77. The summed E-state index contributed by atoms with van der Waals surface area (Å²) < 4.78 is 22.0. The average Bonchev–Trinajstić information content (AvgIpc) is 2.26. The van der Waals surface area contributed by atoms with Crippen molar-refractivity contribution in [1.29, 1.82) is 0 Å². The van der Waals surface area contributed by atoms with Crippen LogP contribution in [0.5, 0.6) is 0 Å². The first-order chi connectivity index (χ1) is 5.49. The van der Waals surface area contributed by atoms with Crippen LogP contribution in [0.2, 0.25) is 0 Å². The summed E-state index contributed by atoms with van der Waals surface area (Å²) in [5, 5.41) is 3.01. The molecule has 1 aliphatic heterocycles. The van der Waals surface area contributed by atoms with Crippen molar-refractivity contribution in [2.75, 3.05) is 18.1 Å². The van der Waals surface area contributed by atoms with Gasteiger partial charge in [0.1, 0.15) is 0 Å². The zero-order chi connectivity index (χ0) is 9.19. The van der Waals surface area contributed by atoms with E-state index >= 15 is 0 Å². The van der Waals surface area contributed by atoms with E-state index in [-0.39, 0.29) is 16.8 Å². The molecule has 0 bridgehead atoms. The molecule has 4 nitrogen and oxygen atoms in total. The van der Waals surface area contributed by atoms with Gasteiger partial charge in [0.15, 0.2) is 14.9 Å². The third kappa shape index (κ3) is 2.94. The van der Waals surface area contributed by atoms with Gasteiger partial charge in [0.25, 0.3) is 0 Å². The van der Waals surface area contributed by atoms with Crippen molar-refractivity contribution < 1.29 is 8.42 Å². The second-order valence-corrected chi connectivity index (χ2v) is 5.68. The van der Waals surface area contributed by atoms with Crippen molar-refractivity contribution in [3.8, 4) is 0 Å². The van der Waals surface area contributed by atoms with Crippen LogP contribution in [0, 0.1) is 5.92 Å². The SMILES string of the molecule is NC(=S)NCC1CCS(=O)(=O)C1. The Hall–Kier alpha value is -0.360. The lowest BCUT2D eigenvalue weighted by atomic mass is 10.1. The number of rotatable bonds is 2. The smallest absolute Gasteiger partial charge is 0.163 e. The molecule has 1 rings (SSSR count). The third-order valence-corrected chi connectivity index (χ3v) is 3.87. The molecule has 1 unspecified atom stereocenters. The Balaban J connectivity index is 2.34. The molecular formula is C6H12N2O2S2. The molecule has 1 atom stereocenters. The Morgan fingerprint density at radius 3 is 2.75 bits per heavy atom. The number of nitrogens with two attached hydrogens (primary N) is 1. The van der Waals surface area contributed by atoms with E-state index in [1.54, 1.807) is 0 Å². The number of nitrogens with one attached hydrogen (secondary N) is 1. The van der Waals surface area contributed by atoms with E-state index in [0.29, 0.717) is 12.3 Å². The maximum atomic E-state index is 11.0. The second-order valence-electron chi connectivity index (χ2n) is 3.01. The standard InChI is InChI=1S/C6H12N2O2S2/c7-6(11)8-3-5-1-2-12(9,10)4-5/h5H,1-4H2,(H3,7,8,11). The van der Waals surface area contributed by atoms with E-state index in [1.807, 2.05) is 0 Å². The molecule has 0 radical (unpaired) electrons. The van der Waals surface area contributed by atoms with Crippen molar-refractivity contribution in [2.45, 2.75) is 6.42 Å². The highest BCUT2D eigenvalue weighted by Gasteiger charge is 2.27.